The van der Waals surface area contributed by atoms with E-state index in [1.54, 1.807) is 12.1 Å². The number of hydrogen-bond acceptors (Lipinski definition) is 5. The Morgan fingerprint density at radius 1 is 1.03 bits per heavy atom. The van der Waals surface area contributed by atoms with Crippen molar-refractivity contribution < 1.29 is 14.3 Å². The Morgan fingerprint density at radius 2 is 1.77 bits per heavy atom. The zero-order chi connectivity index (χ0) is 21.3. The van der Waals surface area contributed by atoms with Gasteiger partial charge in [0.05, 0.1) is 17.6 Å². The number of hydrogen-bond donors (Lipinski definition) is 0. The summed E-state index contributed by atoms with van der Waals surface area (Å²) >= 11 is 0. The summed E-state index contributed by atoms with van der Waals surface area (Å²) in [6.07, 6.45) is 0. The van der Waals surface area contributed by atoms with E-state index in [1.165, 1.54) is 0 Å². The molecule has 0 unspecified atom stereocenters. The molecule has 152 valence electrons. The first-order valence-corrected chi connectivity index (χ1v) is 9.64. The summed E-state index contributed by atoms with van der Waals surface area (Å²) in [6.45, 7) is 4.06. The molecule has 2 aromatic heterocycles. The summed E-state index contributed by atoms with van der Waals surface area (Å²) < 4.78 is 8.97. The summed E-state index contributed by atoms with van der Waals surface area (Å²) in [5.41, 5.74) is 5.59. The lowest BCUT2D eigenvalue weighted by molar-refractivity contribution is 0.0474. The first-order chi connectivity index (χ1) is 14.4. The molecule has 0 aliphatic heterocycles. The minimum Gasteiger partial charge on any atom is -0.454 e. The molecule has 7 heteroatoms. The lowest BCUT2D eigenvalue weighted by atomic mass is 10.1. The van der Waals surface area contributed by atoms with Crippen LogP contribution in [0.5, 0.6) is 0 Å². The van der Waals surface area contributed by atoms with Crippen LogP contribution in [0.2, 0.25) is 0 Å². The van der Waals surface area contributed by atoms with E-state index in [-0.39, 0.29) is 12.4 Å². The van der Waals surface area contributed by atoms with Crippen molar-refractivity contribution in [2.75, 3.05) is 6.61 Å². The zero-order valence-corrected chi connectivity index (χ0v) is 17.1. The van der Waals surface area contributed by atoms with Crippen molar-refractivity contribution >= 4 is 22.8 Å². The third-order valence-corrected chi connectivity index (χ3v) is 5.35. The topological polar surface area (TPSA) is 79.0 Å². The number of carbonyl (C=O) groups excluding carboxylic acids is 2. The van der Waals surface area contributed by atoms with Gasteiger partial charge in [-0.1, -0.05) is 29.5 Å². The van der Waals surface area contributed by atoms with Crippen molar-refractivity contribution in [2.24, 2.45) is 7.05 Å². The molecule has 0 N–H and O–H groups in total. The number of esters is 1. The van der Waals surface area contributed by atoms with Crippen LogP contribution in [0.15, 0.2) is 54.6 Å². The van der Waals surface area contributed by atoms with E-state index < -0.39 is 5.97 Å². The molecule has 4 rings (SSSR count). The average molecular weight is 402 g/mol. The molecule has 4 aromatic rings. The zero-order valence-electron chi connectivity index (χ0n) is 17.1. The van der Waals surface area contributed by atoms with Gasteiger partial charge in [0.2, 0.25) is 5.78 Å². The van der Waals surface area contributed by atoms with Crippen LogP contribution < -0.4 is 0 Å². The van der Waals surface area contributed by atoms with Gasteiger partial charge in [-0.15, -0.1) is 5.10 Å². The fraction of sp³-hybridized carbons (Fsp3) is 0.217. The molecule has 0 aliphatic rings. The van der Waals surface area contributed by atoms with Crippen LogP contribution in [0.3, 0.4) is 0 Å². The molecule has 0 bridgehead atoms. The molecule has 0 radical (unpaired) electrons. The Labute approximate surface area is 173 Å². The number of aromatic nitrogens is 4. The molecular formula is C23H22N4O3. The molecule has 30 heavy (non-hydrogen) atoms. The van der Waals surface area contributed by atoms with E-state index in [2.05, 4.69) is 10.3 Å². The number of para-hydroxylation sites is 1. The van der Waals surface area contributed by atoms with Gasteiger partial charge in [-0.05, 0) is 49.7 Å². The normalized spacial score (nSPS) is 11.0. The third kappa shape index (κ3) is 3.74. The summed E-state index contributed by atoms with van der Waals surface area (Å²) in [6, 6.07) is 16.6. The van der Waals surface area contributed by atoms with Crippen molar-refractivity contribution in [2.45, 2.75) is 20.4 Å². The maximum Gasteiger partial charge on any atom is 0.338 e. The van der Waals surface area contributed by atoms with Crippen LogP contribution in [0.25, 0.3) is 11.0 Å². The van der Waals surface area contributed by atoms with Gasteiger partial charge >= 0.3 is 5.97 Å². The number of ether oxygens (including phenoxy) is 1. The highest BCUT2D eigenvalue weighted by Crippen LogP contribution is 2.15. The van der Waals surface area contributed by atoms with Crippen LogP contribution in [-0.2, 0) is 18.3 Å². The number of ketones is 1. The number of Topliss-reactive ketones (excluding diaryl/α,β-unsaturated/α-hetero) is 1. The quantitative estimate of drug-likeness (QED) is 0.364. The molecule has 0 aliphatic carbocycles. The Hall–Kier alpha value is -3.74. The number of aryl methyl sites for hydroxylation is 1. The number of rotatable bonds is 6. The lowest BCUT2D eigenvalue weighted by Crippen LogP contribution is -2.15. The molecule has 0 amide bonds. The van der Waals surface area contributed by atoms with Gasteiger partial charge in [0.25, 0.3) is 0 Å². The van der Waals surface area contributed by atoms with Crippen molar-refractivity contribution in [1.29, 1.82) is 0 Å². The first-order valence-electron chi connectivity index (χ1n) is 9.64. The highest BCUT2D eigenvalue weighted by atomic mass is 16.5. The Kier molecular flexibility index (Phi) is 5.18. The fourth-order valence-corrected chi connectivity index (χ4v) is 3.38. The first kappa shape index (κ1) is 19.6. The Bertz CT molecular complexity index is 1240. The number of benzene rings is 2. The Balaban J connectivity index is 1.39. The van der Waals surface area contributed by atoms with E-state index in [0.717, 1.165) is 28.0 Å². The second-order valence-corrected chi connectivity index (χ2v) is 7.28. The van der Waals surface area contributed by atoms with Gasteiger partial charge in [-0.2, -0.15) is 0 Å². The van der Waals surface area contributed by atoms with Crippen LogP contribution in [0, 0.1) is 13.8 Å². The summed E-state index contributed by atoms with van der Waals surface area (Å²) in [7, 11) is 1.90. The molecule has 0 spiro atoms. The minimum absolute atomic E-state index is 0.209. The summed E-state index contributed by atoms with van der Waals surface area (Å²) in [5.74, 6) is -0.731. The highest BCUT2D eigenvalue weighted by molar-refractivity contribution is 6.00. The smallest absolute Gasteiger partial charge is 0.338 e. The molecule has 0 atom stereocenters. The van der Waals surface area contributed by atoms with Gasteiger partial charge in [0.1, 0.15) is 5.52 Å². The number of carbonyl (C=O) groups is 2. The molecule has 0 saturated heterocycles. The highest BCUT2D eigenvalue weighted by Gasteiger charge is 2.17. The molecule has 2 heterocycles. The third-order valence-electron chi connectivity index (χ3n) is 5.35. The maximum atomic E-state index is 12.4. The maximum absolute atomic E-state index is 12.4. The predicted octanol–water partition coefficient (Wildman–Crippen LogP) is 3.47. The van der Waals surface area contributed by atoms with Crippen molar-refractivity contribution in [3.8, 4) is 0 Å². The largest absolute Gasteiger partial charge is 0.454 e. The van der Waals surface area contributed by atoms with Crippen LogP contribution in [0.1, 0.15) is 37.7 Å². The van der Waals surface area contributed by atoms with Gasteiger partial charge in [-0.25, -0.2) is 9.48 Å². The van der Waals surface area contributed by atoms with E-state index in [1.807, 2.05) is 72.6 Å². The monoisotopic (exact) mass is 402 g/mol. The predicted molar refractivity (Wildman–Crippen MR) is 113 cm³/mol. The van der Waals surface area contributed by atoms with E-state index >= 15 is 0 Å². The van der Waals surface area contributed by atoms with Crippen LogP contribution >= 0.6 is 0 Å². The van der Waals surface area contributed by atoms with Crippen molar-refractivity contribution in [3.63, 3.8) is 0 Å². The molecule has 0 fully saturated rings. The standard InChI is InChI=1S/C23H22N4O3/c1-15-12-19(16(2)26(15)3)22(28)14-30-23(29)18-10-8-17(9-11-18)13-27-21-7-5-4-6-20(21)24-25-27/h4-12H,13-14H2,1-3H3. The molecule has 2 aromatic carbocycles. The second-order valence-electron chi connectivity index (χ2n) is 7.28. The second kappa shape index (κ2) is 7.94. The number of nitrogens with zero attached hydrogens (tertiary/aromatic N) is 4. The van der Waals surface area contributed by atoms with E-state index in [0.29, 0.717) is 17.7 Å². The SMILES string of the molecule is Cc1cc(C(=O)COC(=O)c2ccc(Cn3nnc4ccccc43)cc2)c(C)n1C. The van der Waals surface area contributed by atoms with E-state index in [9.17, 15) is 9.59 Å². The lowest BCUT2D eigenvalue weighted by Gasteiger charge is -2.07. The van der Waals surface area contributed by atoms with Gasteiger partial charge in [0, 0.05) is 24.0 Å². The van der Waals surface area contributed by atoms with Crippen LogP contribution in [-0.4, -0.2) is 37.9 Å². The van der Waals surface area contributed by atoms with Crippen molar-refractivity contribution in [1.82, 2.24) is 19.6 Å². The molecule has 0 saturated carbocycles. The Morgan fingerprint density at radius 3 is 2.47 bits per heavy atom. The van der Waals surface area contributed by atoms with E-state index in [4.69, 9.17) is 4.74 Å². The van der Waals surface area contributed by atoms with Crippen LogP contribution in [0.4, 0.5) is 0 Å². The molecular weight excluding hydrogens is 380 g/mol. The molecule has 7 nitrogen and oxygen atoms in total. The number of fused-ring (bicyclic) bond motifs is 1. The fourth-order valence-electron chi connectivity index (χ4n) is 3.38. The van der Waals surface area contributed by atoms with Crippen molar-refractivity contribution in [3.05, 3.63) is 82.7 Å². The summed E-state index contributed by atoms with van der Waals surface area (Å²) in [5, 5.41) is 8.32. The van der Waals surface area contributed by atoms with Gasteiger partial charge < -0.3 is 9.30 Å². The minimum atomic E-state index is -0.522. The summed E-state index contributed by atoms with van der Waals surface area (Å²) in [4.78, 5) is 24.7. The average Bonchev–Trinajstić information content (AvgIpc) is 3.28. The van der Waals surface area contributed by atoms with Gasteiger partial charge in [-0.3, -0.25) is 4.79 Å². The van der Waals surface area contributed by atoms with Gasteiger partial charge in [0.15, 0.2) is 6.61 Å².